The van der Waals surface area contributed by atoms with Gasteiger partial charge >= 0.3 is 0 Å². The number of amides is 3. The normalized spacial score (nSPS) is 21.0. The van der Waals surface area contributed by atoms with Crippen LogP contribution in [0.1, 0.15) is 31.7 Å². The Morgan fingerprint density at radius 3 is 2.65 bits per heavy atom. The van der Waals surface area contributed by atoms with E-state index in [2.05, 4.69) is 0 Å². The third-order valence-corrected chi connectivity index (χ3v) is 4.20. The summed E-state index contributed by atoms with van der Waals surface area (Å²) in [6, 6.07) is 7.68. The second-order valence-electron chi connectivity index (χ2n) is 6.00. The van der Waals surface area contributed by atoms with Gasteiger partial charge in [-0.25, -0.2) is 0 Å². The van der Waals surface area contributed by atoms with Gasteiger partial charge in [0.1, 0.15) is 11.9 Å². The van der Waals surface area contributed by atoms with Crippen LogP contribution in [0.2, 0.25) is 0 Å². The molecule has 6 nitrogen and oxygen atoms in total. The smallest absolute Gasteiger partial charge is 0.229 e. The molecule has 3 rings (SSSR count). The average molecular weight is 316 g/mol. The largest absolute Gasteiger partial charge is 0.489 e. The SMILES string of the molecule is CC1CN(C(=O)CCN2C(=O)CCC2=O)Cc2ccccc2O1. The van der Waals surface area contributed by atoms with E-state index in [9.17, 15) is 14.4 Å². The molecule has 6 heteroatoms. The van der Waals surface area contributed by atoms with E-state index in [1.165, 1.54) is 4.90 Å². The number of hydrogen-bond donors (Lipinski definition) is 0. The topological polar surface area (TPSA) is 66.9 Å². The highest BCUT2D eigenvalue weighted by atomic mass is 16.5. The van der Waals surface area contributed by atoms with Crippen LogP contribution in [0.5, 0.6) is 5.75 Å². The molecule has 0 radical (unpaired) electrons. The zero-order valence-electron chi connectivity index (χ0n) is 13.2. The van der Waals surface area contributed by atoms with Gasteiger partial charge in [-0.3, -0.25) is 19.3 Å². The monoisotopic (exact) mass is 316 g/mol. The Labute approximate surface area is 135 Å². The van der Waals surface area contributed by atoms with E-state index < -0.39 is 0 Å². The summed E-state index contributed by atoms with van der Waals surface area (Å²) in [5, 5.41) is 0. The first-order chi connectivity index (χ1) is 11.0. The third kappa shape index (κ3) is 3.36. The number of hydrogen-bond acceptors (Lipinski definition) is 4. The van der Waals surface area contributed by atoms with Gasteiger partial charge in [0.2, 0.25) is 17.7 Å². The molecular weight excluding hydrogens is 296 g/mol. The molecule has 2 aliphatic rings. The number of imide groups is 1. The van der Waals surface area contributed by atoms with E-state index in [-0.39, 0.29) is 49.6 Å². The van der Waals surface area contributed by atoms with Crippen molar-refractivity contribution in [2.75, 3.05) is 13.1 Å². The third-order valence-electron chi connectivity index (χ3n) is 4.20. The summed E-state index contributed by atoms with van der Waals surface area (Å²) in [6.45, 7) is 3.08. The number of nitrogens with zero attached hydrogens (tertiary/aromatic N) is 2. The number of likely N-dealkylation sites (tertiary alicyclic amines) is 1. The Hall–Kier alpha value is -2.37. The molecule has 1 aromatic carbocycles. The zero-order valence-corrected chi connectivity index (χ0v) is 13.2. The van der Waals surface area contributed by atoms with E-state index in [1.54, 1.807) is 4.90 Å². The molecule has 1 unspecified atom stereocenters. The second kappa shape index (κ2) is 6.40. The minimum Gasteiger partial charge on any atom is -0.489 e. The van der Waals surface area contributed by atoms with Crippen molar-refractivity contribution in [1.29, 1.82) is 0 Å². The molecule has 0 aliphatic carbocycles. The first kappa shape index (κ1) is 15.5. The van der Waals surface area contributed by atoms with Crippen LogP contribution < -0.4 is 4.74 Å². The molecule has 23 heavy (non-hydrogen) atoms. The molecule has 1 atom stereocenters. The zero-order chi connectivity index (χ0) is 16.4. The average Bonchev–Trinajstić information content (AvgIpc) is 2.74. The fraction of sp³-hybridized carbons (Fsp3) is 0.471. The number of ether oxygens (including phenoxy) is 1. The second-order valence-corrected chi connectivity index (χ2v) is 6.00. The fourth-order valence-electron chi connectivity index (χ4n) is 3.01. The first-order valence-corrected chi connectivity index (χ1v) is 7.90. The van der Waals surface area contributed by atoms with Crippen molar-refractivity contribution in [2.45, 2.75) is 38.8 Å². The van der Waals surface area contributed by atoms with E-state index in [0.717, 1.165) is 11.3 Å². The Bertz CT molecular complexity index is 627. The highest BCUT2D eigenvalue weighted by Gasteiger charge is 2.30. The molecule has 0 spiro atoms. The summed E-state index contributed by atoms with van der Waals surface area (Å²) in [6.07, 6.45) is 0.578. The summed E-state index contributed by atoms with van der Waals surface area (Å²) in [5.74, 6) is 0.381. The summed E-state index contributed by atoms with van der Waals surface area (Å²) in [5.41, 5.74) is 0.971. The summed E-state index contributed by atoms with van der Waals surface area (Å²) < 4.78 is 5.84. The number of para-hydroxylation sites is 1. The maximum atomic E-state index is 12.5. The lowest BCUT2D eigenvalue weighted by Gasteiger charge is -2.23. The van der Waals surface area contributed by atoms with Gasteiger partial charge in [-0.2, -0.15) is 0 Å². The molecule has 0 aromatic heterocycles. The number of rotatable bonds is 3. The molecular formula is C17H20N2O4. The maximum absolute atomic E-state index is 12.5. The number of fused-ring (bicyclic) bond motifs is 1. The fourth-order valence-corrected chi connectivity index (χ4v) is 3.01. The van der Waals surface area contributed by atoms with Gasteiger partial charge in [-0.05, 0) is 13.0 Å². The van der Waals surface area contributed by atoms with Crippen molar-refractivity contribution in [3.05, 3.63) is 29.8 Å². The molecule has 0 saturated carbocycles. The molecule has 3 amide bonds. The summed E-state index contributed by atoms with van der Waals surface area (Å²) in [7, 11) is 0. The van der Waals surface area contributed by atoms with E-state index in [4.69, 9.17) is 4.74 Å². The van der Waals surface area contributed by atoms with Gasteiger partial charge in [0.25, 0.3) is 0 Å². The molecule has 2 aliphatic heterocycles. The molecule has 122 valence electrons. The Balaban J connectivity index is 1.65. The van der Waals surface area contributed by atoms with Crippen molar-refractivity contribution in [1.82, 2.24) is 9.80 Å². The van der Waals surface area contributed by atoms with Crippen LogP contribution >= 0.6 is 0 Å². The molecule has 1 aromatic rings. The Morgan fingerprint density at radius 1 is 1.22 bits per heavy atom. The summed E-state index contributed by atoms with van der Waals surface area (Å²) in [4.78, 5) is 38.6. The lowest BCUT2D eigenvalue weighted by atomic mass is 10.2. The van der Waals surface area contributed by atoms with E-state index >= 15 is 0 Å². The van der Waals surface area contributed by atoms with Crippen LogP contribution in [-0.4, -0.2) is 46.7 Å². The lowest BCUT2D eigenvalue weighted by Crippen LogP contribution is -2.39. The number of benzene rings is 1. The van der Waals surface area contributed by atoms with Crippen molar-refractivity contribution < 1.29 is 19.1 Å². The van der Waals surface area contributed by atoms with Crippen LogP contribution in [0.3, 0.4) is 0 Å². The Morgan fingerprint density at radius 2 is 1.91 bits per heavy atom. The van der Waals surface area contributed by atoms with Gasteiger partial charge in [-0.1, -0.05) is 18.2 Å². The van der Waals surface area contributed by atoms with Crippen molar-refractivity contribution in [3.8, 4) is 5.75 Å². The van der Waals surface area contributed by atoms with Gasteiger partial charge in [-0.15, -0.1) is 0 Å². The van der Waals surface area contributed by atoms with Gasteiger partial charge in [0.05, 0.1) is 6.54 Å². The van der Waals surface area contributed by atoms with Crippen LogP contribution in [-0.2, 0) is 20.9 Å². The van der Waals surface area contributed by atoms with Crippen LogP contribution in [0, 0.1) is 0 Å². The highest BCUT2D eigenvalue weighted by Crippen LogP contribution is 2.25. The standard InChI is InChI=1S/C17H20N2O4/c1-12-10-18(11-13-4-2-3-5-14(13)23-12)15(20)8-9-19-16(21)6-7-17(19)22/h2-5,12H,6-11H2,1H3. The van der Waals surface area contributed by atoms with Crippen LogP contribution in [0.4, 0.5) is 0 Å². The minimum atomic E-state index is -0.180. The van der Waals surface area contributed by atoms with Crippen molar-refractivity contribution in [3.63, 3.8) is 0 Å². The Kier molecular flexibility index (Phi) is 4.32. The number of carbonyl (C=O) groups is 3. The molecule has 1 saturated heterocycles. The van der Waals surface area contributed by atoms with Gasteiger partial charge < -0.3 is 9.64 Å². The van der Waals surface area contributed by atoms with Crippen molar-refractivity contribution >= 4 is 17.7 Å². The van der Waals surface area contributed by atoms with Crippen LogP contribution in [0.25, 0.3) is 0 Å². The molecule has 2 heterocycles. The summed E-state index contributed by atoms with van der Waals surface area (Å²) >= 11 is 0. The van der Waals surface area contributed by atoms with E-state index in [1.807, 2.05) is 31.2 Å². The first-order valence-electron chi connectivity index (χ1n) is 7.90. The van der Waals surface area contributed by atoms with Crippen LogP contribution in [0.15, 0.2) is 24.3 Å². The lowest BCUT2D eigenvalue weighted by molar-refractivity contribution is -0.139. The molecule has 1 fully saturated rings. The number of carbonyl (C=O) groups excluding carboxylic acids is 3. The van der Waals surface area contributed by atoms with Gasteiger partial charge in [0, 0.05) is 37.9 Å². The maximum Gasteiger partial charge on any atom is 0.229 e. The van der Waals surface area contributed by atoms with E-state index in [0.29, 0.717) is 13.1 Å². The predicted molar refractivity (Wildman–Crippen MR) is 82.5 cm³/mol. The highest BCUT2D eigenvalue weighted by molar-refractivity contribution is 6.02. The quantitative estimate of drug-likeness (QED) is 0.789. The van der Waals surface area contributed by atoms with Crippen molar-refractivity contribution in [2.24, 2.45) is 0 Å². The van der Waals surface area contributed by atoms with Gasteiger partial charge in [0.15, 0.2) is 0 Å². The molecule has 0 bridgehead atoms. The predicted octanol–water partition coefficient (Wildman–Crippen LogP) is 1.34. The molecule has 0 N–H and O–H groups in total. The minimum absolute atomic E-state index is 0.0651.